The van der Waals surface area contributed by atoms with E-state index >= 15 is 0 Å². The van der Waals surface area contributed by atoms with Gasteiger partial charge in [-0.3, -0.25) is 5.32 Å². The van der Waals surface area contributed by atoms with E-state index in [0.717, 1.165) is 0 Å². The molecule has 0 atom stereocenters. The molecule has 0 saturated heterocycles. The van der Waals surface area contributed by atoms with Gasteiger partial charge in [0.15, 0.2) is 0 Å². The lowest BCUT2D eigenvalue weighted by molar-refractivity contribution is 0.0636. The maximum absolute atomic E-state index is 11.4. The Morgan fingerprint density at radius 2 is 2.12 bits per heavy atom. The Morgan fingerprint density at radius 3 is 2.69 bits per heavy atom. The van der Waals surface area contributed by atoms with Crippen molar-refractivity contribution < 1.29 is 14.3 Å². The highest BCUT2D eigenvalue weighted by Gasteiger charge is 2.17. The molecule has 16 heavy (non-hydrogen) atoms. The van der Waals surface area contributed by atoms with E-state index in [-0.39, 0.29) is 0 Å². The maximum atomic E-state index is 11.4. The quantitative estimate of drug-likeness (QED) is 0.882. The number of carbonyl (C=O) groups is 1. The summed E-state index contributed by atoms with van der Waals surface area (Å²) in [6, 6.07) is 0. The number of ether oxygens (including phenoxy) is 2. The Hall–Kier alpha value is -1.21. The van der Waals surface area contributed by atoms with Gasteiger partial charge in [0.25, 0.3) is 0 Å². The van der Waals surface area contributed by atoms with Crippen molar-refractivity contribution in [2.24, 2.45) is 0 Å². The van der Waals surface area contributed by atoms with E-state index in [4.69, 9.17) is 9.47 Å². The van der Waals surface area contributed by atoms with Crippen molar-refractivity contribution >= 4 is 22.6 Å². The minimum Gasteiger partial charge on any atom is -0.444 e. The number of amides is 1. The first-order chi connectivity index (χ1) is 7.40. The van der Waals surface area contributed by atoms with Crippen LogP contribution in [0, 0.1) is 0 Å². The highest BCUT2D eigenvalue weighted by atomic mass is 32.1. The Labute approximate surface area is 98.0 Å². The third-order valence-corrected chi connectivity index (χ3v) is 2.15. The summed E-state index contributed by atoms with van der Waals surface area (Å²) in [7, 11) is 1.57. The van der Waals surface area contributed by atoms with Gasteiger partial charge in [-0.2, -0.15) is 0 Å². The number of aromatic nitrogens is 2. The van der Waals surface area contributed by atoms with Crippen molar-refractivity contribution in [1.29, 1.82) is 0 Å². The second-order valence-electron chi connectivity index (χ2n) is 4.06. The minimum atomic E-state index is -0.535. The van der Waals surface area contributed by atoms with E-state index in [2.05, 4.69) is 15.5 Å². The van der Waals surface area contributed by atoms with E-state index in [9.17, 15) is 4.79 Å². The predicted molar refractivity (Wildman–Crippen MR) is 60.5 cm³/mol. The predicted octanol–water partition coefficient (Wildman–Crippen LogP) is 2.03. The van der Waals surface area contributed by atoms with Crippen LogP contribution in [0.3, 0.4) is 0 Å². The van der Waals surface area contributed by atoms with E-state index in [1.807, 2.05) is 0 Å². The molecule has 0 bridgehead atoms. The Balaban J connectivity index is 2.50. The summed E-state index contributed by atoms with van der Waals surface area (Å²) >= 11 is 1.25. The topological polar surface area (TPSA) is 73.3 Å². The van der Waals surface area contributed by atoms with Crippen LogP contribution < -0.4 is 5.32 Å². The molecule has 90 valence electrons. The van der Waals surface area contributed by atoms with Gasteiger partial charge in [-0.1, -0.05) is 11.3 Å². The van der Waals surface area contributed by atoms with Gasteiger partial charge < -0.3 is 9.47 Å². The number of nitrogens with one attached hydrogen (secondary N) is 1. The fourth-order valence-corrected chi connectivity index (χ4v) is 1.57. The van der Waals surface area contributed by atoms with Gasteiger partial charge >= 0.3 is 6.09 Å². The molecule has 0 radical (unpaired) electrons. The number of hydrogen-bond acceptors (Lipinski definition) is 6. The van der Waals surface area contributed by atoms with Crippen LogP contribution in [0.25, 0.3) is 0 Å². The normalized spacial score (nSPS) is 11.2. The van der Waals surface area contributed by atoms with E-state index in [0.29, 0.717) is 16.7 Å². The molecule has 0 fully saturated rings. The van der Waals surface area contributed by atoms with Crippen molar-refractivity contribution in [3.63, 3.8) is 0 Å². The zero-order valence-corrected chi connectivity index (χ0v) is 10.6. The van der Waals surface area contributed by atoms with E-state index in [1.54, 1.807) is 27.9 Å². The van der Waals surface area contributed by atoms with Crippen LogP contribution in [-0.2, 0) is 16.1 Å². The molecule has 0 aliphatic rings. The zero-order chi connectivity index (χ0) is 12.2. The highest BCUT2D eigenvalue weighted by Crippen LogP contribution is 2.17. The zero-order valence-electron chi connectivity index (χ0n) is 9.73. The first-order valence-corrected chi connectivity index (χ1v) is 5.53. The second kappa shape index (κ2) is 5.22. The number of nitrogens with zero attached hydrogens (tertiary/aromatic N) is 2. The van der Waals surface area contributed by atoms with Crippen LogP contribution in [0.1, 0.15) is 25.8 Å². The van der Waals surface area contributed by atoms with Gasteiger partial charge in [0.05, 0.1) is 0 Å². The van der Waals surface area contributed by atoms with Crippen molar-refractivity contribution in [1.82, 2.24) is 10.2 Å². The highest BCUT2D eigenvalue weighted by molar-refractivity contribution is 7.15. The molecule has 0 saturated carbocycles. The molecule has 1 aromatic rings. The average molecular weight is 245 g/mol. The molecule has 1 rings (SSSR count). The van der Waals surface area contributed by atoms with Gasteiger partial charge in [-0.25, -0.2) is 4.79 Å². The molecule has 6 nitrogen and oxygen atoms in total. The Bertz CT molecular complexity index is 359. The molecule has 0 aliphatic carbocycles. The minimum absolute atomic E-state index is 0.383. The smallest absolute Gasteiger partial charge is 0.414 e. The van der Waals surface area contributed by atoms with Crippen LogP contribution in [0.2, 0.25) is 0 Å². The lowest BCUT2D eigenvalue weighted by Crippen LogP contribution is -2.27. The van der Waals surface area contributed by atoms with Crippen LogP contribution in [0.15, 0.2) is 0 Å². The van der Waals surface area contributed by atoms with Crippen LogP contribution in [0.4, 0.5) is 9.93 Å². The van der Waals surface area contributed by atoms with Gasteiger partial charge in [-0.05, 0) is 20.8 Å². The molecular weight excluding hydrogens is 230 g/mol. The number of methoxy groups -OCH3 is 1. The summed E-state index contributed by atoms with van der Waals surface area (Å²) in [5, 5.41) is 11.2. The third kappa shape index (κ3) is 4.54. The number of hydrogen-bond donors (Lipinski definition) is 1. The average Bonchev–Trinajstić information content (AvgIpc) is 2.49. The Morgan fingerprint density at radius 1 is 1.44 bits per heavy atom. The number of anilines is 1. The van der Waals surface area contributed by atoms with Gasteiger partial charge in [0, 0.05) is 7.11 Å². The SMILES string of the molecule is COCc1nnc(NC(=O)OC(C)(C)C)s1. The van der Waals surface area contributed by atoms with Crippen molar-refractivity contribution in [2.45, 2.75) is 33.0 Å². The lowest BCUT2D eigenvalue weighted by atomic mass is 10.2. The largest absolute Gasteiger partial charge is 0.444 e. The van der Waals surface area contributed by atoms with Crippen molar-refractivity contribution in [3.05, 3.63) is 5.01 Å². The van der Waals surface area contributed by atoms with E-state index < -0.39 is 11.7 Å². The molecule has 1 heterocycles. The first kappa shape index (κ1) is 12.9. The summed E-state index contributed by atoms with van der Waals surface area (Å²) in [6.07, 6.45) is -0.535. The standard InChI is InChI=1S/C9H15N3O3S/c1-9(2,3)15-8(13)10-7-12-11-6(16-7)5-14-4/h5H2,1-4H3,(H,10,12,13). The summed E-state index contributed by atoms with van der Waals surface area (Å²) in [5.41, 5.74) is -0.524. The summed E-state index contributed by atoms with van der Waals surface area (Å²) in [5.74, 6) is 0. The number of rotatable bonds is 3. The second-order valence-corrected chi connectivity index (χ2v) is 5.12. The summed E-state index contributed by atoms with van der Waals surface area (Å²) in [6.45, 7) is 5.77. The molecule has 0 aromatic carbocycles. The first-order valence-electron chi connectivity index (χ1n) is 4.72. The fraction of sp³-hybridized carbons (Fsp3) is 0.667. The van der Waals surface area contributed by atoms with Gasteiger partial charge in [0.1, 0.15) is 17.2 Å². The summed E-state index contributed by atoms with van der Waals surface area (Å²) in [4.78, 5) is 11.4. The van der Waals surface area contributed by atoms with Crippen LogP contribution in [0.5, 0.6) is 0 Å². The molecule has 1 N–H and O–H groups in total. The monoisotopic (exact) mass is 245 g/mol. The third-order valence-electron chi connectivity index (χ3n) is 1.34. The molecule has 7 heteroatoms. The molecular formula is C9H15N3O3S. The Kier molecular flexibility index (Phi) is 4.19. The molecule has 0 aliphatic heterocycles. The molecule has 1 amide bonds. The van der Waals surface area contributed by atoms with Crippen molar-refractivity contribution in [2.75, 3.05) is 12.4 Å². The molecule has 0 spiro atoms. The fourth-order valence-electron chi connectivity index (χ4n) is 0.877. The molecule has 1 aromatic heterocycles. The van der Waals surface area contributed by atoms with Gasteiger partial charge in [-0.15, -0.1) is 10.2 Å². The summed E-state index contributed by atoms with van der Waals surface area (Å²) < 4.78 is 9.96. The maximum Gasteiger partial charge on any atom is 0.414 e. The van der Waals surface area contributed by atoms with Crippen LogP contribution >= 0.6 is 11.3 Å². The number of carbonyl (C=O) groups excluding carboxylic acids is 1. The van der Waals surface area contributed by atoms with Gasteiger partial charge in [0.2, 0.25) is 5.13 Å². The van der Waals surface area contributed by atoms with Crippen LogP contribution in [-0.4, -0.2) is 29.0 Å². The van der Waals surface area contributed by atoms with E-state index in [1.165, 1.54) is 11.3 Å². The molecule has 0 unspecified atom stereocenters. The lowest BCUT2D eigenvalue weighted by Gasteiger charge is -2.18. The van der Waals surface area contributed by atoms with Crippen molar-refractivity contribution in [3.8, 4) is 0 Å².